The maximum Gasteiger partial charge on any atom is 0.328 e. The molecule has 0 aliphatic heterocycles. The number of carbonyl (C=O) groups excluding carboxylic acids is 1. The second kappa shape index (κ2) is 10.6. The van der Waals surface area contributed by atoms with Crippen molar-refractivity contribution in [2.75, 3.05) is 0 Å². The monoisotopic (exact) mass is 496 g/mol. The minimum absolute atomic E-state index is 0.00773. The third-order valence-electron chi connectivity index (χ3n) is 6.69. The number of H-pyrrole nitrogens is 1. The Morgan fingerprint density at radius 3 is 2.60 bits per heavy atom. The predicted octanol–water partition coefficient (Wildman–Crippen LogP) is 4.42. The molecule has 1 saturated carbocycles. The van der Waals surface area contributed by atoms with Crippen LogP contribution in [0.1, 0.15) is 69.7 Å². The van der Waals surface area contributed by atoms with Crippen molar-refractivity contribution >= 4 is 27.0 Å². The zero-order valence-electron chi connectivity index (χ0n) is 20.1. The standard InChI is InChI=1S/C26H32N4O4S/c1-3-7-21(24-28-23-11-5-4-10-22(23)25(31)29-24)18-8-6-9-20(16-18)35(33,34)30-26(32)27-19-14-12-17(2)13-15-19/h4-6,8-11,16-17,19,21H,3,7,12-15H2,1-2H3,(H2,27,30,32)(H,28,29,31). The topological polar surface area (TPSA) is 121 Å². The number of sulfonamides is 1. The van der Waals surface area contributed by atoms with Crippen LogP contribution >= 0.6 is 0 Å². The molecule has 186 valence electrons. The summed E-state index contributed by atoms with van der Waals surface area (Å²) in [4.78, 5) is 32.6. The average Bonchev–Trinajstić information content (AvgIpc) is 2.83. The Kier molecular flexibility index (Phi) is 7.54. The summed E-state index contributed by atoms with van der Waals surface area (Å²) in [7, 11) is -4.07. The van der Waals surface area contributed by atoms with Crippen LogP contribution in [0.15, 0.2) is 58.2 Å². The third kappa shape index (κ3) is 5.90. The molecular weight excluding hydrogens is 464 g/mol. The Morgan fingerprint density at radius 1 is 1.11 bits per heavy atom. The predicted molar refractivity (Wildman–Crippen MR) is 136 cm³/mol. The van der Waals surface area contributed by atoms with Crippen molar-refractivity contribution < 1.29 is 13.2 Å². The van der Waals surface area contributed by atoms with Crippen LogP contribution < -0.4 is 15.6 Å². The molecule has 3 aromatic rings. The van der Waals surface area contributed by atoms with E-state index in [2.05, 4.69) is 26.9 Å². The van der Waals surface area contributed by atoms with E-state index in [1.165, 1.54) is 6.07 Å². The SMILES string of the molecule is CCCC(c1cccc(S(=O)(=O)NC(=O)NC2CCC(C)CC2)c1)c1nc2ccccc2c(=O)[nH]1. The van der Waals surface area contributed by atoms with Gasteiger partial charge in [0, 0.05) is 12.0 Å². The van der Waals surface area contributed by atoms with E-state index in [1.54, 1.807) is 30.3 Å². The summed E-state index contributed by atoms with van der Waals surface area (Å²) in [5, 5.41) is 3.30. The first-order valence-electron chi connectivity index (χ1n) is 12.2. The molecule has 1 atom stereocenters. The van der Waals surface area contributed by atoms with E-state index in [1.807, 2.05) is 19.1 Å². The number of nitrogens with one attached hydrogen (secondary N) is 3. The number of nitrogens with zero attached hydrogens (tertiary/aromatic N) is 1. The molecule has 9 heteroatoms. The number of hydrogen-bond acceptors (Lipinski definition) is 5. The Labute approximate surface area is 205 Å². The summed E-state index contributed by atoms with van der Waals surface area (Å²) in [5.74, 6) is 0.818. The van der Waals surface area contributed by atoms with Gasteiger partial charge in [0.15, 0.2) is 0 Å². The molecule has 1 fully saturated rings. The number of urea groups is 1. The van der Waals surface area contributed by atoms with Crippen LogP contribution in [0, 0.1) is 5.92 Å². The first-order valence-corrected chi connectivity index (χ1v) is 13.7. The quantitative estimate of drug-likeness (QED) is 0.447. The van der Waals surface area contributed by atoms with Crippen molar-refractivity contribution in [3.05, 3.63) is 70.3 Å². The molecule has 0 saturated heterocycles. The maximum atomic E-state index is 13.0. The summed E-state index contributed by atoms with van der Waals surface area (Å²) in [6.07, 6.45) is 5.20. The van der Waals surface area contributed by atoms with Crippen LogP contribution in [-0.4, -0.2) is 30.5 Å². The lowest BCUT2D eigenvalue weighted by Gasteiger charge is -2.26. The van der Waals surface area contributed by atoms with Crippen molar-refractivity contribution in [2.24, 2.45) is 5.92 Å². The molecule has 1 aliphatic rings. The summed E-state index contributed by atoms with van der Waals surface area (Å²) in [6.45, 7) is 4.20. The Balaban J connectivity index is 1.57. The van der Waals surface area contributed by atoms with E-state index in [4.69, 9.17) is 0 Å². The van der Waals surface area contributed by atoms with Gasteiger partial charge in [0.05, 0.1) is 15.8 Å². The van der Waals surface area contributed by atoms with Gasteiger partial charge < -0.3 is 10.3 Å². The molecule has 1 aliphatic carbocycles. The molecule has 0 radical (unpaired) electrons. The molecular formula is C26H32N4O4S. The number of rotatable bonds is 7. The number of carbonyl (C=O) groups is 1. The van der Waals surface area contributed by atoms with Crippen molar-refractivity contribution in [1.29, 1.82) is 0 Å². The molecule has 2 amide bonds. The second-order valence-corrected chi connectivity index (χ2v) is 11.1. The van der Waals surface area contributed by atoms with Crippen molar-refractivity contribution in [3.8, 4) is 0 Å². The fraction of sp³-hybridized carbons (Fsp3) is 0.423. The molecule has 1 unspecified atom stereocenters. The zero-order valence-corrected chi connectivity index (χ0v) is 20.9. The largest absolute Gasteiger partial charge is 0.335 e. The molecule has 2 aromatic carbocycles. The number of hydrogen-bond donors (Lipinski definition) is 3. The van der Waals surface area contributed by atoms with Crippen LogP contribution in [-0.2, 0) is 10.0 Å². The summed E-state index contributed by atoms with van der Waals surface area (Å²) in [6, 6.07) is 12.9. The van der Waals surface area contributed by atoms with Gasteiger partial charge in [-0.05, 0) is 67.9 Å². The smallest absolute Gasteiger partial charge is 0.328 e. The molecule has 1 aromatic heterocycles. The molecule has 1 heterocycles. The van der Waals surface area contributed by atoms with Crippen molar-refractivity contribution in [3.63, 3.8) is 0 Å². The van der Waals surface area contributed by atoms with Crippen LogP contribution in [0.5, 0.6) is 0 Å². The number of para-hydroxylation sites is 1. The van der Waals surface area contributed by atoms with Gasteiger partial charge >= 0.3 is 6.03 Å². The first-order chi connectivity index (χ1) is 16.8. The van der Waals surface area contributed by atoms with Crippen molar-refractivity contribution in [2.45, 2.75) is 69.2 Å². The van der Waals surface area contributed by atoms with Crippen LogP contribution in [0.25, 0.3) is 10.9 Å². The van der Waals surface area contributed by atoms with Gasteiger partial charge in [-0.25, -0.2) is 22.9 Å². The number of aromatic nitrogens is 2. The zero-order chi connectivity index (χ0) is 25.0. The molecule has 35 heavy (non-hydrogen) atoms. The Hall–Kier alpha value is -3.20. The van der Waals surface area contributed by atoms with E-state index in [0.29, 0.717) is 34.6 Å². The van der Waals surface area contributed by atoms with E-state index < -0.39 is 16.1 Å². The van der Waals surface area contributed by atoms with Crippen LogP contribution in [0.3, 0.4) is 0 Å². The van der Waals surface area contributed by atoms with E-state index in [0.717, 1.165) is 32.1 Å². The number of benzene rings is 2. The molecule has 0 bridgehead atoms. The lowest BCUT2D eigenvalue weighted by molar-refractivity contribution is 0.233. The third-order valence-corrected chi connectivity index (χ3v) is 8.02. The highest BCUT2D eigenvalue weighted by Gasteiger charge is 2.24. The fourth-order valence-electron chi connectivity index (χ4n) is 4.72. The van der Waals surface area contributed by atoms with Gasteiger partial charge in [-0.2, -0.15) is 0 Å². The minimum atomic E-state index is -4.07. The highest BCUT2D eigenvalue weighted by molar-refractivity contribution is 7.90. The van der Waals surface area contributed by atoms with Crippen LogP contribution in [0.4, 0.5) is 4.79 Å². The fourth-order valence-corrected chi connectivity index (χ4v) is 5.69. The summed E-state index contributed by atoms with van der Waals surface area (Å²) in [5.41, 5.74) is 1.06. The van der Waals surface area contributed by atoms with E-state index in [9.17, 15) is 18.0 Å². The molecule has 0 spiro atoms. The molecule has 4 rings (SSSR count). The minimum Gasteiger partial charge on any atom is -0.335 e. The van der Waals surface area contributed by atoms with Gasteiger partial charge in [0.1, 0.15) is 5.82 Å². The van der Waals surface area contributed by atoms with E-state index >= 15 is 0 Å². The number of amides is 2. The van der Waals surface area contributed by atoms with E-state index in [-0.39, 0.29) is 22.4 Å². The molecule has 8 nitrogen and oxygen atoms in total. The second-order valence-electron chi connectivity index (χ2n) is 9.42. The van der Waals surface area contributed by atoms with Gasteiger partial charge in [-0.1, -0.05) is 44.5 Å². The average molecular weight is 497 g/mol. The Bertz CT molecular complexity index is 1360. The normalized spacial score (nSPS) is 19.3. The number of aromatic amines is 1. The molecule has 3 N–H and O–H groups in total. The van der Waals surface area contributed by atoms with Gasteiger partial charge in [-0.15, -0.1) is 0 Å². The lowest BCUT2D eigenvalue weighted by Crippen LogP contribution is -2.45. The first kappa shape index (κ1) is 24.9. The van der Waals surface area contributed by atoms with Crippen molar-refractivity contribution in [1.82, 2.24) is 20.0 Å². The van der Waals surface area contributed by atoms with Gasteiger partial charge in [0.25, 0.3) is 15.6 Å². The maximum absolute atomic E-state index is 13.0. The summed E-state index contributed by atoms with van der Waals surface area (Å²) < 4.78 is 28.1. The Morgan fingerprint density at radius 2 is 1.86 bits per heavy atom. The van der Waals surface area contributed by atoms with Crippen LogP contribution in [0.2, 0.25) is 0 Å². The van der Waals surface area contributed by atoms with Gasteiger partial charge in [0.2, 0.25) is 0 Å². The lowest BCUT2D eigenvalue weighted by atomic mass is 9.87. The highest BCUT2D eigenvalue weighted by atomic mass is 32.2. The number of fused-ring (bicyclic) bond motifs is 1. The summed E-state index contributed by atoms with van der Waals surface area (Å²) >= 11 is 0. The van der Waals surface area contributed by atoms with Gasteiger partial charge in [-0.3, -0.25) is 4.79 Å². The highest BCUT2D eigenvalue weighted by Crippen LogP contribution is 2.29.